The largest absolute Gasteiger partial charge is 0.481 e. The van der Waals surface area contributed by atoms with Crippen LogP contribution in [0.15, 0.2) is 0 Å². The number of Topliss-reactive ketones (excluding diaryl/α,β-unsaturated/α-hetero) is 1. The molecule has 0 spiro atoms. The summed E-state index contributed by atoms with van der Waals surface area (Å²) < 4.78 is 0. The van der Waals surface area contributed by atoms with Crippen LogP contribution >= 0.6 is 0 Å². The van der Waals surface area contributed by atoms with Gasteiger partial charge in [0, 0.05) is 12.3 Å². The van der Waals surface area contributed by atoms with Gasteiger partial charge in [-0.05, 0) is 12.8 Å². The first-order valence-corrected chi connectivity index (χ1v) is 3.88. The number of carbonyl (C=O) groups is 2. The van der Waals surface area contributed by atoms with Crippen LogP contribution in [0.2, 0.25) is 0 Å². The molecule has 1 saturated carbocycles. The van der Waals surface area contributed by atoms with E-state index in [1.807, 2.05) is 0 Å². The van der Waals surface area contributed by atoms with Gasteiger partial charge in [-0.2, -0.15) is 0 Å². The van der Waals surface area contributed by atoms with Crippen LogP contribution in [0, 0.1) is 11.8 Å². The zero-order chi connectivity index (χ0) is 8.43. The van der Waals surface area contributed by atoms with E-state index in [0.29, 0.717) is 12.8 Å². The third-order valence-electron chi connectivity index (χ3n) is 2.37. The van der Waals surface area contributed by atoms with Gasteiger partial charge in [-0.25, -0.2) is 0 Å². The number of hydrogen-bond donors (Lipinski definition) is 1. The number of ketones is 1. The molecule has 0 aromatic heterocycles. The highest BCUT2D eigenvalue weighted by Gasteiger charge is 2.32. The standard InChI is InChI=1S/C8H12O3/c1-5-6(8(10)11)3-2-4-7(5)9/h5-6H,2-4H2,1H3,(H,10,11)/t5-,6+/m0/s1. The molecule has 0 unspecified atom stereocenters. The lowest BCUT2D eigenvalue weighted by Crippen LogP contribution is -2.31. The Bertz CT molecular complexity index is 186. The summed E-state index contributed by atoms with van der Waals surface area (Å²) in [5, 5.41) is 8.67. The first kappa shape index (κ1) is 8.24. The number of carboxylic acid groups (broad SMARTS) is 1. The smallest absolute Gasteiger partial charge is 0.307 e. The minimum atomic E-state index is -0.828. The molecule has 0 aliphatic heterocycles. The zero-order valence-corrected chi connectivity index (χ0v) is 6.54. The van der Waals surface area contributed by atoms with Gasteiger partial charge < -0.3 is 5.11 Å². The summed E-state index contributed by atoms with van der Waals surface area (Å²) >= 11 is 0. The molecule has 1 aliphatic carbocycles. The van der Waals surface area contributed by atoms with Crippen LogP contribution in [0.4, 0.5) is 0 Å². The van der Waals surface area contributed by atoms with Gasteiger partial charge in [-0.3, -0.25) is 9.59 Å². The van der Waals surface area contributed by atoms with Gasteiger partial charge in [0.05, 0.1) is 5.92 Å². The van der Waals surface area contributed by atoms with Crippen LogP contribution in [0.1, 0.15) is 26.2 Å². The Balaban J connectivity index is 2.65. The summed E-state index contributed by atoms with van der Waals surface area (Å²) in [5.74, 6) is -1.44. The fraction of sp³-hybridized carbons (Fsp3) is 0.750. The van der Waals surface area contributed by atoms with Crippen LogP contribution in [0.25, 0.3) is 0 Å². The first-order chi connectivity index (χ1) is 5.13. The predicted molar refractivity (Wildman–Crippen MR) is 39.1 cm³/mol. The van der Waals surface area contributed by atoms with Gasteiger partial charge in [0.1, 0.15) is 5.78 Å². The normalized spacial score (nSPS) is 31.9. The van der Waals surface area contributed by atoms with Gasteiger partial charge >= 0.3 is 5.97 Å². The lowest BCUT2D eigenvalue weighted by Gasteiger charge is -2.23. The summed E-state index contributed by atoms with van der Waals surface area (Å²) in [5.41, 5.74) is 0. The van der Waals surface area contributed by atoms with Crippen molar-refractivity contribution in [3.05, 3.63) is 0 Å². The van der Waals surface area contributed by atoms with Crippen LogP contribution < -0.4 is 0 Å². The lowest BCUT2D eigenvalue weighted by atomic mass is 9.80. The second-order valence-corrected chi connectivity index (χ2v) is 3.09. The molecule has 0 amide bonds. The maximum atomic E-state index is 11.0. The van der Waals surface area contributed by atoms with Crippen molar-refractivity contribution in [1.29, 1.82) is 0 Å². The molecular weight excluding hydrogens is 144 g/mol. The Hall–Kier alpha value is -0.860. The van der Waals surface area contributed by atoms with Crippen molar-refractivity contribution in [1.82, 2.24) is 0 Å². The minimum absolute atomic E-state index is 0.101. The second kappa shape index (κ2) is 3.03. The highest BCUT2D eigenvalue weighted by Crippen LogP contribution is 2.26. The second-order valence-electron chi connectivity index (χ2n) is 3.09. The van der Waals surface area contributed by atoms with Crippen molar-refractivity contribution in [2.24, 2.45) is 11.8 Å². The van der Waals surface area contributed by atoms with E-state index < -0.39 is 11.9 Å². The summed E-state index contributed by atoms with van der Waals surface area (Å²) in [7, 11) is 0. The van der Waals surface area contributed by atoms with E-state index in [2.05, 4.69) is 0 Å². The SMILES string of the molecule is C[C@@H]1C(=O)CCC[C@H]1C(=O)O. The number of aliphatic carboxylic acids is 1. The van der Waals surface area contributed by atoms with Crippen LogP contribution in [0.5, 0.6) is 0 Å². The van der Waals surface area contributed by atoms with Gasteiger partial charge in [0.25, 0.3) is 0 Å². The highest BCUT2D eigenvalue weighted by atomic mass is 16.4. The van der Waals surface area contributed by atoms with Gasteiger partial charge in [-0.1, -0.05) is 6.92 Å². The third-order valence-corrected chi connectivity index (χ3v) is 2.37. The molecule has 2 atom stereocenters. The zero-order valence-electron chi connectivity index (χ0n) is 6.54. The quantitative estimate of drug-likeness (QED) is 0.618. The number of rotatable bonds is 1. The third kappa shape index (κ3) is 1.59. The molecule has 0 aromatic carbocycles. The Morgan fingerprint density at radius 2 is 2.27 bits per heavy atom. The number of carboxylic acids is 1. The first-order valence-electron chi connectivity index (χ1n) is 3.88. The molecule has 1 rings (SSSR count). The average Bonchev–Trinajstić information content (AvgIpc) is 1.94. The van der Waals surface area contributed by atoms with Crippen LogP contribution in [0.3, 0.4) is 0 Å². The molecular formula is C8H12O3. The predicted octanol–water partition coefficient (Wildman–Crippen LogP) is 1.08. The topological polar surface area (TPSA) is 54.4 Å². The molecule has 1 fully saturated rings. The Morgan fingerprint density at radius 1 is 1.64 bits per heavy atom. The Kier molecular flexibility index (Phi) is 2.27. The van der Waals surface area contributed by atoms with Crippen LogP contribution in [-0.4, -0.2) is 16.9 Å². The highest BCUT2D eigenvalue weighted by molar-refractivity contribution is 5.87. The molecule has 0 bridgehead atoms. The summed E-state index contributed by atoms with van der Waals surface area (Å²) in [6.45, 7) is 1.71. The maximum absolute atomic E-state index is 11.0. The molecule has 0 radical (unpaired) electrons. The Labute approximate surface area is 65.4 Å². The van der Waals surface area contributed by atoms with E-state index in [-0.39, 0.29) is 11.7 Å². The number of carbonyl (C=O) groups excluding carboxylic acids is 1. The van der Waals surface area contributed by atoms with Gasteiger partial charge in [0.15, 0.2) is 0 Å². The molecule has 62 valence electrons. The van der Waals surface area contributed by atoms with Crippen molar-refractivity contribution in [3.8, 4) is 0 Å². The molecule has 1 N–H and O–H groups in total. The van der Waals surface area contributed by atoms with Crippen molar-refractivity contribution < 1.29 is 14.7 Å². The molecule has 1 aliphatic rings. The van der Waals surface area contributed by atoms with E-state index in [4.69, 9.17) is 5.11 Å². The van der Waals surface area contributed by atoms with E-state index >= 15 is 0 Å². The molecule has 0 saturated heterocycles. The molecule has 3 heteroatoms. The van der Waals surface area contributed by atoms with Crippen molar-refractivity contribution >= 4 is 11.8 Å². The molecule has 3 nitrogen and oxygen atoms in total. The molecule has 11 heavy (non-hydrogen) atoms. The lowest BCUT2D eigenvalue weighted by molar-refractivity contribution is -0.148. The van der Waals surface area contributed by atoms with E-state index in [9.17, 15) is 9.59 Å². The van der Waals surface area contributed by atoms with Crippen LogP contribution in [-0.2, 0) is 9.59 Å². The minimum Gasteiger partial charge on any atom is -0.481 e. The fourth-order valence-corrected chi connectivity index (χ4v) is 1.54. The maximum Gasteiger partial charge on any atom is 0.307 e. The monoisotopic (exact) mass is 156 g/mol. The fourth-order valence-electron chi connectivity index (χ4n) is 1.54. The van der Waals surface area contributed by atoms with Crippen molar-refractivity contribution in [2.75, 3.05) is 0 Å². The van der Waals surface area contributed by atoms with E-state index in [1.165, 1.54) is 0 Å². The van der Waals surface area contributed by atoms with E-state index in [1.54, 1.807) is 6.92 Å². The summed E-state index contributed by atoms with van der Waals surface area (Å²) in [6.07, 6.45) is 1.95. The average molecular weight is 156 g/mol. The van der Waals surface area contributed by atoms with E-state index in [0.717, 1.165) is 6.42 Å². The van der Waals surface area contributed by atoms with Gasteiger partial charge in [-0.15, -0.1) is 0 Å². The van der Waals surface area contributed by atoms with Gasteiger partial charge in [0.2, 0.25) is 0 Å². The molecule has 0 heterocycles. The van der Waals surface area contributed by atoms with Crippen molar-refractivity contribution in [2.45, 2.75) is 26.2 Å². The molecule has 0 aromatic rings. The summed E-state index contributed by atoms with van der Waals surface area (Å²) in [4.78, 5) is 21.6. The number of hydrogen-bond acceptors (Lipinski definition) is 2. The Morgan fingerprint density at radius 3 is 2.73 bits per heavy atom. The summed E-state index contributed by atoms with van der Waals surface area (Å²) in [6, 6.07) is 0. The van der Waals surface area contributed by atoms with Crippen molar-refractivity contribution in [3.63, 3.8) is 0 Å².